The first-order chi connectivity index (χ1) is 8.72. The van der Waals surface area contributed by atoms with Crippen LogP contribution in [-0.2, 0) is 5.41 Å². The minimum Gasteiger partial charge on any atom is -0.0622 e. The number of rotatable bonds is 2. The molecule has 0 amide bonds. The van der Waals surface area contributed by atoms with E-state index in [2.05, 4.69) is 74.5 Å². The van der Waals surface area contributed by atoms with Gasteiger partial charge in [-0.2, -0.15) is 0 Å². The Balaban J connectivity index is 1.85. The second-order valence-electron chi connectivity index (χ2n) is 5.79. The third-order valence-corrected chi connectivity index (χ3v) is 4.91. The molecule has 0 spiro atoms. The molecule has 3 rings (SSSR count). The Hall–Kier alpha value is -1.56. The van der Waals surface area contributed by atoms with Gasteiger partial charge in [0, 0.05) is 0 Å². The second kappa shape index (κ2) is 4.28. The van der Waals surface area contributed by atoms with Gasteiger partial charge in [-0.15, -0.1) is 0 Å². The highest BCUT2D eigenvalue weighted by atomic mass is 14.5. The van der Waals surface area contributed by atoms with E-state index in [9.17, 15) is 0 Å². The van der Waals surface area contributed by atoms with Gasteiger partial charge in [-0.1, -0.05) is 74.5 Å². The Morgan fingerprint density at radius 1 is 0.889 bits per heavy atom. The van der Waals surface area contributed by atoms with E-state index >= 15 is 0 Å². The number of benzene rings is 2. The van der Waals surface area contributed by atoms with Crippen LogP contribution in [0.15, 0.2) is 60.7 Å². The van der Waals surface area contributed by atoms with Crippen molar-refractivity contribution in [1.29, 1.82) is 0 Å². The predicted octanol–water partition coefficient (Wildman–Crippen LogP) is 4.77. The SMILES string of the molecule is CC1C(c2ccccc2)CC1(C)c1ccccc1. The Morgan fingerprint density at radius 3 is 2.00 bits per heavy atom. The Labute approximate surface area is 110 Å². The van der Waals surface area contributed by atoms with Gasteiger partial charge in [0.15, 0.2) is 0 Å². The van der Waals surface area contributed by atoms with Crippen LogP contribution < -0.4 is 0 Å². The van der Waals surface area contributed by atoms with Crippen molar-refractivity contribution in [3.05, 3.63) is 71.8 Å². The standard InChI is InChI=1S/C18H20/c1-14-17(15-9-5-3-6-10-15)13-18(14,2)16-11-7-4-8-12-16/h3-12,14,17H,13H2,1-2H3. The Morgan fingerprint density at radius 2 is 1.44 bits per heavy atom. The van der Waals surface area contributed by atoms with Crippen LogP contribution in [0.4, 0.5) is 0 Å². The predicted molar refractivity (Wildman–Crippen MR) is 76.8 cm³/mol. The monoisotopic (exact) mass is 236 g/mol. The van der Waals surface area contributed by atoms with E-state index in [1.807, 2.05) is 0 Å². The summed E-state index contributed by atoms with van der Waals surface area (Å²) in [5, 5.41) is 0. The van der Waals surface area contributed by atoms with E-state index < -0.39 is 0 Å². The van der Waals surface area contributed by atoms with Crippen molar-refractivity contribution in [1.82, 2.24) is 0 Å². The van der Waals surface area contributed by atoms with Crippen molar-refractivity contribution in [2.75, 3.05) is 0 Å². The van der Waals surface area contributed by atoms with Gasteiger partial charge in [-0.3, -0.25) is 0 Å². The van der Waals surface area contributed by atoms with Gasteiger partial charge in [0.25, 0.3) is 0 Å². The lowest BCUT2D eigenvalue weighted by Crippen LogP contribution is -2.46. The van der Waals surface area contributed by atoms with Crippen molar-refractivity contribution in [2.45, 2.75) is 31.6 Å². The number of hydrogen-bond acceptors (Lipinski definition) is 0. The highest BCUT2D eigenvalue weighted by Crippen LogP contribution is 2.56. The fraction of sp³-hybridized carbons (Fsp3) is 0.333. The van der Waals surface area contributed by atoms with Gasteiger partial charge in [0.05, 0.1) is 0 Å². The van der Waals surface area contributed by atoms with E-state index in [1.165, 1.54) is 17.5 Å². The molecular weight excluding hydrogens is 216 g/mol. The maximum Gasteiger partial charge on any atom is -0.00379 e. The summed E-state index contributed by atoms with van der Waals surface area (Å²) < 4.78 is 0. The summed E-state index contributed by atoms with van der Waals surface area (Å²) in [7, 11) is 0. The molecule has 3 atom stereocenters. The van der Waals surface area contributed by atoms with E-state index in [-0.39, 0.29) is 0 Å². The molecule has 92 valence electrons. The highest BCUT2D eigenvalue weighted by Gasteiger charge is 2.48. The lowest BCUT2D eigenvalue weighted by molar-refractivity contribution is 0.117. The van der Waals surface area contributed by atoms with E-state index in [1.54, 1.807) is 0 Å². The molecule has 2 aromatic rings. The van der Waals surface area contributed by atoms with Crippen molar-refractivity contribution in [3.8, 4) is 0 Å². The zero-order chi connectivity index (χ0) is 12.6. The molecule has 3 unspecified atom stereocenters. The third-order valence-electron chi connectivity index (χ3n) is 4.91. The molecule has 0 heterocycles. The molecule has 0 aliphatic heterocycles. The summed E-state index contributed by atoms with van der Waals surface area (Å²) in [6.07, 6.45) is 1.27. The molecule has 1 saturated carbocycles. The van der Waals surface area contributed by atoms with Gasteiger partial charge in [-0.25, -0.2) is 0 Å². The Bertz CT molecular complexity index is 514. The molecule has 0 heteroatoms. The van der Waals surface area contributed by atoms with E-state index in [0.29, 0.717) is 11.3 Å². The van der Waals surface area contributed by atoms with Crippen LogP contribution in [0.5, 0.6) is 0 Å². The smallest absolute Gasteiger partial charge is 0.00379 e. The lowest BCUT2D eigenvalue weighted by Gasteiger charge is -2.53. The fourth-order valence-electron chi connectivity index (χ4n) is 3.41. The lowest BCUT2D eigenvalue weighted by atomic mass is 9.51. The summed E-state index contributed by atoms with van der Waals surface area (Å²) in [6, 6.07) is 21.9. The minimum absolute atomic E-state index is 0.349. The molecule has 0 N–H and O–H groups in total. The quantitative estimate of drug-likeness (QED) is 0.704. The zero-order valence-corrected chi connectivity index (χ0v) is 11.1. The molecule has 0 aromatic heterocycles. The van der Waals surface area contributed by atoms with Crippen LogP contribution >= 0.6 is 0 Å². The molecule has 0 nitrogen and oxygen atoms in total. The first kappa shape index (κ1) is 11.5. The van der Waals surface area contributed by atoms with Crippen LogP contribution in [0.1, 0.15) is 37.3 Å². The van der Waals surface area contributed by atoms with Crippen LogP contribution in [0.2, 0.25) is 0 Å². The Kier molecular flexibility index (Phi) is 2.74. The second-order valence-corrected chi connectivity index (χ2v) is 5.79. The zero-order valence-electron chi connectivity index (χ0n) is 11.1. The fourth-order valence-corrected chi connectivity index (χ4v) is 3.41. The molecular formula is C18H20. The largest absolute Gasteiger partial charge is 0.0622 e. The topological polar surface area (TPSA) is 0 Å². The normalized spacial score (nSPS) is 30.8. The summed E-state index contributed by atoms with van der Waals surface area (Å²) in [6.45, 7) is 4.81. The average molecular weight is 236 g/mol. The maximum atomic E-state index is 2.41. The van der Waals surface area contributed by atoms with Crippen LogP contribution in [0, 0.1) is 5.92 Å². The molecule has 1 aliphatic rings. The number of hydrogen-bond donors (Lipinski definition) is 0. The summed E-state index contributed by atoms with van der Waals surface area (Å²) in [5.74, 6) is 1.43. The molecule has 2 aromatic carbocycles. The van der Waals surface area contributed by atoms with Crippen LogP contribution in [0.25, 0.3) is 0 Å². The summed E-state index contributed by atoms with van der Waals surface area (Å²) in [4.78, 5) is 0. The summed E-state index contributed by atoms with van der Waals surface area (Å²) >= 11 is 0. The van der Waals surface area contributed by atoms with Crippen LogP contribution in [-0.4, -0.2) is 0 Å². The molecule has 1 fully saturated rings. The first-order valence-corrected chi connectivity index (χ1v) is 6.82. The van der Waals surface area contributed by atoms with Gasteiger partial charge in [0.2, 0.25) is 0 Å². The van der Waals surface area contributed by atoms with Gasteiger partial charge >= 0.3 is 0 Å². The molecule has 18 heavy (non-hydrogen) atoms. The van der Waals surface area contributed by atoms with Crippen molar-refractivity contribution >= 4 is 0 Å². The van der Waals surface area contributed by atoms with Crippen molar-refractivity contribution < 1.29 is 0 Å². The first-order valence-electron chi connectivity index (χ1n) is 6.82. The highest BCUT2D eigenvalue weighted by molar-refractivity contribution is 5.35. The van der Waals surface area contributed by atoms with E-state index in [0.717, 1.165) is 5.92 Å². The molecule has 1 aliphatic carbocycles. The minimum atomic E-state index is 0.349. The average Bonchev–Trinajstić information content (AvgIpc) is 2.46. The molecule has 0 saturated heterocycles. The summed E-state index contributed by atoms with van der Waals surface area (Å²) in [5.41, 5.74) is 3.34. The molecule has 0 bridgehead atoms. The molecule has 0 radical (unpaired) electrons. The van der Waals surface area contributed by atoms with E-state index in [4.69, 9.17) is 0 Å². The third kappa shape index (κ3) is 1.68. The van der Waals surface area contributed by atoms with Crippen LogP contribution in [0.3, 0.4) is 0 Å². The maximum absolute atomic E-state index is 2.41. The van der Waals surface area contributed by atoms with Crippen molar-refractivity contribution in [2.24, 2.45) is 5.92 Å². The van der Waals surface area contributed by atoms with Gasteiger partial charge in [-0.05, 0) is 34.8 Å². The van der Waals surface area contributed by atoms with Gasteiger partial charge < -0.3 is 0 Å². The van der Waals surface area contributed by atoms with Crippen molar-refractivity contribution in [3.63, 3.8) is 0 Å². The van der Waals surface area contributed by atoms with Gasteiger partial charge in [0.1, 0.15) is 0 Å².